The highest BCUT2D eigenvalue weighted by atomic mass is 15.3. The molecule has 2 rings (SSSR count). The Balaban J connectivity index is 1.90. The summed E-state index contributed by atoms with van der Waals surface area (Å²) in [7, 11) is 0. The average molecular weight is 168 g/mol. The molecule has 0 aromatic heterocycles. The third-order valence-corrected chi connectivity index (χ3v) is 3.74. The topological polar surface area (TPSA) is 29.3 Å². The van der Waals surface area contributed by atoms with E-state index in [0.29, 0.717) is 5.54 Å². The number of nitrogens with zero attached hydrogens (tertiary/aromatic N) is 1. The van der Waals surface area contributed by atoms with Gasteiger partial charge in [-0.1, -0.05) is 13.3 Å². The molecule has 2 aliphatic rings. The van der Waals surface area contributed by atoms with Crippen LogP contribution in [0.2, 0.25) is 0 Å². The molecule has 0 bridgehead atoms. The maximum atomic E-state index is 5.79. The molecule has 2 N–H and O–H groups in total. The smallest absolute Gasteiger partial charge is 0.0333 e. The maximum absolute atomic E-state index is 5.79. The molecule has 1 saturated heterocycles. The van der Waals surface area contributed by atoms with Gasteiger partial charge in [0, 0.05) is 18.6 Å². The molecule has 12 heavy (non-hydrogen) atoms. The van der Waals surface area contributed by atoms with Crippen molar-refractivity contribution >= 4 is 0 Å². The lowest BCUT2D eigenvalue weighted by molar-refractivity contribution is 0.218. The van der Waals surface area contributed by atoms with Gasteiger partial charge in [-0.25, -0.2) is 0 Å². The van der Waals surface area contributed by atoms with Crippen LogP contribution in [0.5, 0.6) is 0 Å². The Labute approximate surface area is 75.1 Å². The summed E-state index contributed by atoms with van der Waals surface area (Å²) in [6.45, 7) is 5.79. The van der Waals surface area contributed by atoms with Crippen LogP contribution in [0.1, 0.15) is 32.6 Å². The van der Waals surface area contributed by atoms with Gasteiger partial charge >= 0.3 is 0 Å². The molecule has 0 spiro atoms. The van der Waals surface area contributed by atoms with Gasteiger partial charge in [0.2, 0.25) is 0 Å². The molecule has 1 aliphatic carbocycles. The van der Waals surface area contributed by atoms with Gasteiger partial charge in [-0.3, -0.25) is 4.90 Å². The van der Waals surface area contributed by atoms with Gasteiger partial charge in [-0.2, -0.15) is 0 Å². The Hall–Kier alpha value is -0.0800. The Morgan fingerprint density at radius 1 is 1.50 bits per heavy atom. The van der Waals surface area contributed by atoms with Gasteiger partial charge in [0.15, 0.2) is 0 Å². The molecular formula is C10H20N2. The predicted octanol–water partition coefficient (Wildman–Crippen LogP) is 1.21. The minimum atomic E-state index is 0.462. The van der Waals surface area contributed by atoms with Crippen molar-refractivity contribution in [3.05, 3.63) is 0 Å². The summed E-state index contributed by atoms with van der Waals surface area (Å²) in [5.41, 5.74) is 6.26. The highest BCUT2D eigenvalue weighted by Gasteiger charge is 2.48. The molecule has 1 saturated carbocycles. The van der Waals surface area contributed by atoms with Crippen LogP contribution in [0.15, 0.2) is 0 Å². The molecule has 1 heterocycles. The second kappa shape index (κ2) is 3.00. The Bertz CT molecular complexity index is 163. The molecule has 1 atom stereocenters. The van der Waals surface area contributed by atoms with Crippen LogP contribution in [0, 0.1) is 5.92 Å². The number of hydrogen-bond acceptors (Lipinski definition) is 2. The van der Waals surface area contributed by atoms with Crippen LogP contribution in [-0.4, -0.2) is 30.1 Å². The van der Waals surface area contributed by atoms with Crippen molar-refractivity contribution < 1.29 is 0 Å². The zero-order valence-electron chi connectivity index (χ0n) is 8.05. The van der Waals surface area contributed by atoms with Crippen molar-refractivity contribution in [2.45, 2.75) is 38.1 Å². The van der Waals surface area contributed by atoms with Gasteiger partial charge in [-0.15, -0.1) is 0 Å². The highest BCUT2D eigenvalue weighted by Crippen LogP contribution is 2.43. The average Bonchev–Trinajstić information content (AvgIpc) is 2.77. The zero-order chi connectivity index (χ0) is 8.60. The minimum absolute atomic E-state index is 0.462. The molecule has 0 amide bonds. The van der Waals surface area contributed by atoms with E-state index in [-0.39, 0.29) is 0 Å². The van der Waals surface area contributed by atoms with E-state index in [1.165, 1.54) is 38.8 Å². The van der Waals surface area contributed by atoms with E-state index in [9.17, 15) is 0 Å². The molecule has 0 radical (unpaired) electrons. The summed E-state index contributed by atoms with van der Waals surface area (Å²) in [5, 5.41) is 0. The van der Waals surface area contributed by atoms with Gasteiger partial charge < -0.3 is 5.73 Å². The second-order valence-corrected chi connectivity index (χ2v) is 4.44. The lowest BCUT2D eigenvalue weighted by Crippen LogP contribution is -2.41. The van der Waals surface area contributed by atoms with Crippen molar-refractivity contribution in [2.24, 2.45) is 11.7 Å². The normalized spacial score (nSPS) is 34.0. The van der Waals surface area contributed by atoms with Crippen LogP contribution >= 0.6 is 0 Å². The van der Waals surface area contributed by atoms with E-state index in [2.05, 4.69) is 11.8 Å². The number of rotatable bonds is 3. The first-order valence-corrected chi connectivity index (χ1v) is 5.26. The fourth-order valence-electron chi connectivity index (χ4n) is 2.39. The molecule has 1 unspecified atom stereocenters. The van der Waals surface area contributed by atoms with Crippen LogP contribution < -0.4 is 5.73 Å². The first-order chi connectivity index (χ1) is 5.80. The third kappa shape index (κ3) is 1.27. The molecule has 1 aliphatic heterocycles. The fourth-order valence-corrected chi connectivity index (χ4v) is 2.39. The lowest BCUT2D eigenvalue weighted by Gasteiger charge is -2.26. The van der Waals surface area contributed by atoms with Crippen LogP contribution in [0.3, 0.4) is 0 Å². The molecule has 2 nitrogen and oxygen atoms in total. The molecule has 2 heteroatoms. The molecule has 70 valence electrons. The van der Waals surface area contributed by atoms with E-state index in [0.717, 1.165) is 12.5 Å². The monoisotopic (exact) mass is 168 g/mol. The van der Waals surface area contributed by atoms with E-state index in [4.69, 9.17) is 5.73 Å². The maximum Gasteiger partial charge on any atom is 0.0333 e. The summed E-state index contributed by atoms with van der Waals surface area (Å²) in [6.07, 6.45) is 5.44. The summed E-state index contributed by atoms with van der Waals surface area (Å²) in [5.74, 6) is 0.953. The first kappa shape index (κ1) is 8.52. The Kier molecular flexibility index (Phi) is 2.13. The lowest BCUT2D eigenvalue weighted by atomic mass is 10.1. The highest BCUT2D eigenvalue weighted by molar-refractivity contribution is 5.06. The third-order valence-electron chi connectivity index (χ3n) is 3.74. The van der Waals surface area contributed by atoms with Gasteiger partial charge in [0.1, 0.15) is 0 Å². The standard InChI is InChI=1S/C10H20N2/c1-2-9-3-6-12(7-9)10(8-11)4-5-10/h9H,2-8,11H2,1H3. The summed E-state index contributed by atoms with van der Waals surface area (Å²) in [6, 6.07) is 0. The molecule has 2 fully saturated rings. The Morgan fingerprint density at radius 3 is 2.67 bits per heavy atom. The minimum Gasteiger partial charge on any atom is -0.329 e. The van der Waals surface area contributed by atoms with Crippen molar-refractivity contribution in [1.82, 2.24) is 4.90 Å². The van der Waals surface area contributed by atoms with Crippen LogP contribution in [0.25, 0.3) is 0 Å². The number of likely N-dealkylation sites (tertiary alicyclic amines) is 1. The van der Waals surface area contributed by atoms with Crippen molar-refractivity contribution in [3.63, 3.8) is 0 Å². The van der Waals surface area contributed by atoms with Crippen LogP contribution in [0.4, 0.5) is 0 Å². The van der Waals surface area contributed by atoms with Gasteiger partial charge in [-0.05, 0) is 31.7 Å². The van der Waals surface area contributed by atoms with Gasteiger partial charge in [0.05, 0.1) is 0 Å². The van der Waals surface area contributed by atoms with Crippen molar-refractivity contribution in [2.75, 3.05) is 19.6 Å². The fraction of sp³-hybridized carbons (Fsp3) is 1.00. The van der Waals surface area contributed by atoms with Crippen LogP contribution in [-0.2, 0) is 0 Å². The molecule has 0 aromatic carbocycles. The van der Waals surface area contributed by atoms with Crippen molar-refractivity contribution in [3.8, 4) is 0 Å². The van der Waals surface area contributed by atoms with E-state index in [1.54, 1.807) is 0 Å². The molecule has 0 aromatic rings. The van der Waals surface area contributed by atoms with E-state index < -0.39 is 0 Å². The van der Waals surface area contributed by atoms with Gasteiger partial charge in [0.25, 0.3) is 0 Å². The second-order valence-electron chi connectivity index (χ2n) is 4.44. The van der Waals surface area contributed by atoms with E-state index >= 15 is 0 Å². The summed E-state index contributed by atoms with van der Waals surface area (Å²) < 4.78 is 0. The van der Waals surface area contributed by atoms with Crippen molar-refractivity contribution in [1.29, 1.82) is 0 Å². The van der Waals surface area contributed by atoms with E-state index in [1.807, 2.05) is 0 Å². The number of hydrogen-bond donors (Lipinski definition) is 1. The first-order valence-electron chi connectivity index (χ1n) is 5.26. The largest absolute Gasteiger partial charge is 0.329 e. The molecular weight excluding hydrogens is 148 g/mol. The summed E-state index contributed by atoms with van der Waals surface area (Å²) >= 11 is 0. The Morgan fingerprint density at radius 2 is 2.25 bits per heavy atom. The predicted molar refractivity (Wildman–Crippen MR) is 51.0 cm³/mol. The quantitative estimate of drug-likeness (QED) is 0.686. The number of nitrogens with two attached hydrogens (primary N) is 1. The SMILES string of the molecule is CCC1CCN(C2(CN)CC2)C1. The zero-order valence-corrected chi connectivity index (χ0v) is 8.05. The summed E-state index contributed by atoms with van der Waals surface area (Å²) in [4.78, 5) is 2.64.